The number of hydrogen-bond acceptors (Lipinski definition) is 8. The molecule has 0 aliphatic heterocycles. The van der Waals surface area contributed by atoms with Crippen LogP contribution < -0.4 is 20.9 Å². The van der Waals surface area contributed by atoms with Gasteiger partial charge < -0.3 is 4.74 Å². The largest absolute Gasteiger partial charge is 0.484 e. The van der Waals surface area contributed by atoms with Gasteiger partial charge in [-0.25, -0.2) is 0 Å². The Morgan fingerprint density at radius 3 is 2.10 bits per heavy atom. The first-order valence-electron chi connectivity index (χ1n) is 7.88. The zero-order valence-corrected chi connectivity index (χ0v) is 16.4. The van der Waals surface area contributed by atoms with Crippen LogP contribution in [0.4, 0.5) is 11.4 Å². The van der Waals surface area contributed by atoms with Gasteiger partial charge in [0.15, 0.2) is 11.7 Å². The van der Waals surface area contributed by atoms with Crippen LogP contribution in [0.1, 0.15) is 10.4 Å². The van der Waals surface area contributed by atoms with Crippen molar-refractivity contribution < 1.29 is 24.2 Å². The van der Waals surface area contributed by atoms with Crippen molar-refractivity contribution in [1.29, 1.82) is 0 Å². The van der Waals surface area contributed by atoms with E-state index in [1.54, 1.807) is 24.3 Å². The molecule has 0 fully saturated rings. The van der Waals surface area contributed by atoms with Gasteiger partial charge in [-0.1, -0.05) is 11.6 Å². The molecule has 30 heavy (non-hydrogen) atoms. The SMILES string of the molecule is O=C(COc1ccc(Cl)cc1)NNC(=S)NC(=O)c1cc([N+](=O)[O-])cc([N+](=O)[O-])c1. The number of nitro groups is 2. The van der Waals surface area contributed by atoms with Gasteiger partial charge in [0.05, 0.1) is 21.5 Å². The summed E-state index contributed by atoms with van der Waals surface area (Å²) in [5.74, 6) is -1.18. The number of benzene rings is 2. The summed E-state index contributed by atoms with van der Waals surface area (Å²) in [5.41, 5.74) is 2.76. The Kier molecular flexibility index (Phi) is 7.55. The molecule has 0 aromatic heterocycles. The third-order valence-electron chi connectivity index (χ3n) is 3.31. The van der Waals surface area contributed by atoms with E-state index in [1.165, 1.54) is 0 Å². The lowest BCUT2D eigenvalue weighted by atomic mass is 10.1. The highest BCUT2D eigenvalue weighted by Gasteiger charge is 2.20. The topological polar surface area (TPSA) is 166 Å². The summed E-state index contributed by atoms with van der Waals surface area (Å²) >= 11 is 10.6. The van der Waals surface area contributed by atoms with Crippen molar-refractivity contribution >= 4 is 52.1 Å². The van der Waals surface area contributed by atoms with Gasteiger partial charge in [0, 0.05) is 17.2 Å². The Balaban J connectivity index is 1.89. The van der Waals surface area contributed by atoms with E-state index >= 15 is 0 Å². The van der Waals surface area contributed by atoms with E-state index in [4.69, 9.17) is 28.6 Å². The van der Waals surface area contributed by atoms with Crippen LogP contribution in [0.3, 0.4) is 0 Å². The second-order valence-electron chi connectivity index (χ2n) is 5.45. The van der Waals surface area contributed by atoms with Gasteiger partial charge in [0.25, 0.3) is 23.2 Å². The highest BCUT2D eigenvalue weighted by Crippen LogP contribution is 2.22. The smallest absolute Gasteiger partial charge is 0.277 e. The minimum Gasteiger partial charge on any atom is -0.484 e. The third-order valence-corrected chi connectivity index (χ3v) is 3.77. The number of hydrogen-bond donors (Lipinski definition) is 3. The molecule has 2 aromatic carbocycles. The summed E-state index contributed by atoms with van der Waals surface area (Å²) in [6.45, 7) is -0.373. The molecule has 0 spiro atoms. The number of ether oxygens (including phenoxy) is 1. The lowest BCUT2D eigenvalue weighted by Crippen LogP contribution is -2.49. The number of thiocarbonyl (C=S) groups is 1. The van der Waals surface area contributed by atoms with Gasteiger partial charge in [-0.2, -0.15) is 0 Å². The first kappa shape index (κ1) is 22.4. The molecule has 156 valence electrons. The maximum absolute atomic E-state index is 12.2. The fraction of sp³-hybridized carbons (Fsp3) is 0.0625. The first-order valence-corrected chi connectivity index (χ1v) is 8.66. The molecule has 0 aliphatic rings. The molecular weight excluding hydrogens is 442 g/mol. The Bertz CT molecular complexity index is 983. The monoisotopic (exact) mass is 453 g/mol. The van der Waals surface area contributed by atoms with Crippen molar-refractivity contribution in [2.24, 2.45) is 0 Å². The van der Waals surface area contributed by atoms with Gasteiger partial charge in [-0.15, -0.1) is 0 Å². The number of halogens is 1. The summed E-state index contributed by atoms with van der Waals surface area (Å²) in [6.07, 6.45) is 0. The summed E-state index contributed by atoms with van der Waals surface area (Å²) < 4.78 is 5.21. The van der Waals surface area contributed by atoms with Gasteiger partial charge in [0.1, 0.15) is 5.75 Å². The zero-order chi connectivity index (χ0) is 22.3. The van der Waals surface area contributed by atoms with Crippen LogP contribution in [0, 0.1) is 20.2 Å². The third kappa shape index (κ3) is 6.65. The first-order chi connectivity index (χ1) is 14.2. The molecule has 0 saturated heterocycles. The molecule has 14 heteroatoms. The number of carbonyl (C=O) groups is 2. The van der Waals surface area contributed by atoms with Crippen LogP contribution in [0.2, 0.25) is 5.02 Å². The van der Waals surface area contributed by atoms with Crippen LogP contribution in [-0.4, -0.2) is 33.4 Å². The molecule has 2 amide bonds. The second-order valence-corrected chi connectivity index (χ2v) is 6.30. The van der Waals surface area contributed by atoms with Crippen LogP contribution in [-0.2, 0) is 4.79 Å². The Hall–Kier alpha value is -3.84. The highest BCUT2D eigenvalue weighted by molar-refractivity contribution is 7.80. The summed E-state index contributed by atoms with van der Waals surface area (Å²) in [6, 6.07) is 8.70. The summed E-state index contributed by atoms with van der Waals surface area (Å²) in [4.78, 5) is 43.9. The Morgan fingerprint density at radius 1 is 1.00 bits per heavy atom. The van der Waals surface area contributed by atoms with E-state index in [9.17, 15) is 29.8 Å². The van der Waals surface area contributed by atoms with Crippen molar-refractivity contribution in [3.8, 4) is 5.75 Å². The fourth-order valence-corrected chi connectivity index (χ4v) is 2.26. The molecular formula is C16H12ClN5O7S. The molecule has 0 unspecified atom stereocenters. The lowest BCUT2D eigenvalue weighted by Gasteiger charge is -2.11. The van der Waals surface area contributed by atoms with Gasteiger partial charge in [-0.05, 0) is 36.5 Å². The van der Waals surface area contributed by atoms with E-state index in [0.29, 0.717) is 16.8 Å². The molecule has 2 rings (SSSR count). The number of carbonyl (C=O) groups excluding carboxylic acids is 2. The number of nitrogens with one attached hydrogen (secondary N) is 3. The average Bonchev–Trinajstić information content (AvgIpc) is 2.71. The molecule has 12 nitrogen and oxygen atoms in total. The highest BCUT2D eigenvalue weighted by atomic mass is 35.5. The van der Waals surface area contributed by atoms with Gasteiger partial charge in [0.2, 0.25) is 0 Å². The number of rotatable bonds is 6. The van der Waals surface area contributed by atoms with Gasteiger partial charge in [-0.3, -0.25) is 46.0 Å². The van der Waals surface area contributed by atoms with E-state index in [2.05, 4.69) is 16.2 Å². The van der Waals surface area contributed by atoms with Crippen molar-refractivity contribution in [2.45, 2.75) is 0 Å². The quantitative estimate of drug-likeness (QED) is 0.336. The molecule has 2 aromatic rings. The molecule has 0 saturated carbocycles. The predicted octanol–water partition coefficient (Wildman–Crippen LogP) is 1.87. The van der Waals surface area contributed by atoms with Crippen molar-refractivity contribution in [3.05, 3.63) is 73.3 Å². The number of nitro benzene ring substituents is 2. The minimum atomic E-state index is -0.953. The van der Waals surface area contributed by atoms with E-state index < -0.39 is 33.0 Å². The minimum absolute atomic E-state index is 0.353. The maximum atomic E-state index is 12.2. The van der Waals surface area contributed by atoms with E-state index in [-0.39, 0.29) is 17.3 Å². The summed E-state index contributed by atoms with van der Waals surface area (Å²) in [7, 11) is 0. The number of amides is 2. The van der Waals surface area contributed by atoms with E-state index in [0.717, 1.165) is 12.1 Å². The number of hydrazine groups is 1. The standard InChI is InChI=1S/C16H12ClN5O7S/c17-10-1-3-13(4-2-10)29-8-14(23)19-20-16(30)18-15(24)9-5-11(21(25)26)7-12(6-9)22(27)28/h1-7H,8H2,(H,19,23)(H2,18,20,24,30). The van der Waals surface area contributed by atoms with E-state index in [1.807, 2.05) is 0 Å². The predicted molar refractivity (Wildman–Crippen MR) is 108 cm³/mol. The van der Waals surface area contributed by atoms with Gasteiger partial charge >= 0.3 is 0 Å². The normalized spacial score (nSPS) is 9.90. The molecule has 3 N–H and O–H groups in total. The van der Waals surface area contributed by atoms with Crippen molar-refractivity contribution in [1.82, 2.24) is 16.2 Å². The molecule has 0 aliphatic carbocycles. The summed E-state index contributed by atoms with van der Waals surface area (Å²) in [5, 5.41) is 24.0. The lowest BCUT2D eigenvalue weighted by molar-refractivity contribution is -0.394. The Labute approximate surface area is 178 Å². The molecule has 0 bridgehead atoms. The molecule has 0 radical (unpaired) electrons. The second kappa shape index (κ2) is 10.1. The van der Waals surface area contributed by atoms with Crippen LogP contribution in [0.25, 0.3) is 0 Å². The van der Waals surface area contributed by atoms with Crippen LogP contribution >= 0.6 is 23.8 Å². The number of non-ortho nitro benzene ring substituents is 2. The molecule has 0 heterocycles. The average molecular weight is 454 g/mol. The van der Waals surface area contributed by atoms with Crippen LogP contribution in [0.5, 0.6) is 5.75 Å². The van der Waals surface area contributed by atoms with Crippen LogP contribution in [0.15, 0.2) is 42.5 Å². The van der Waals surface area contributed by atoms with Crippen molar-refractivity contribution in [3.63, 3.8) is 0 Å². The Morgan fingerprint density at radius 2 is 1.57 bits per heavy atom. The van der Waals surface area contributed by atoms with Crippen molar-refractivity contribution in [2.75, 3.05) is 6.61 Å². The number of nitrogens with zero attached hydrogens (tertiary/aromatic N) is 2. The maximum Gasteiger partial charge on any atom is 0.277 e. The fourth-order valence-electron chi connectivity index (χ4n) is 1.99. The zero-order valence-electron chi connectivity index (χ0n) is 14.8. The molecule has 0 atom stereocenters.